The van der Waals surface area contributed by atoms with Gasteiger partial charge in [-0.05, 0) is 61.4 Å². The first kappa shape index (κ1) is 22.4. The highest BCUT2D eigenvalue weighted by atomic mass is 19.1. The number of anilines is 2. The van der Waals surface area contributed by atoms with Gasteiger partial charge in [-0.2, -0.15) is 0 Å². The number of amides is 1. The molecule has 1 N–H and O–H groups in total. The first-order valence-electron chi connectivity index (χ1n) is 11.3. The average Bonchev–Trinajstić information content (AvgIpc) is 2.91. The molecule has 0 aliphatic carbocycles. The molecule has 0 bridgehead atoms. The van der Waals surface area contributed by atoms with Gasteiger partial charge in [0.05, 0.1) is 0 Å². The second-order valence-electron chi connectivity index (χ2n) is 8.17. The number of carbonyl (C=O) groups excluding carboxylic acids is 1. The lowest BCUT2D eigenvalue weighted by atomic mass is 9.94. The van der Waals surface area contributed by atoms with Crippen LogP contribution in [0.4, 0.5) is 16.0 Å². The number of carbonyl (C=O) groups is 1. The van der Waals surface area contributed by atoms with Gasteiger partial charge in [0.2, 0.25) is 11.8 Å². The number of hydrogen-bond acceptors (Lipinski definition) is 7. The second kappa shape index (κ2) is 10.3. The van der Waals surface area contributed by atoms with E-state index in [1.165, 1.54) is 12.1 Å². The van der Waals surface area contributed by atoms with E-state index in [9.17, 15) is 9.18 Å². The molecule has 1 amide bonds. The van der Waals surface area contributed by atoms with Crippen LogP contribution in [0.25, 0.3) is 0 Å². The molecule has 3 heterocycles. The van der Waals surface area contributed by atoms with Crippen LogP contribution in [0.15, 0.2) is 79.4 Å². The highest BCUT2D eigenvalue weighted by Crippen LogP contribution is 2.33. The minimum absolute atomic E-state index is 0.0316. The van der Waals surface area contributed by atoms with Gasteiger partial charge in [0.1, 0.15) is 17.3 Å². The van der Waals surface area contributed by atoms with Gasteiger partial charge < -0.3 is 15.0 Å². The van der Waals surface area contributed by atoms with Crippen LogP contribution >= 0.6 is 0 Å². The van der Waals surface area contributed by atoms with Crippen molar-refractivity contribution < 1.29 is 13.9 Å². The largest absolute Gasteiger partial charge is 0.437 e. The number of piperidine rings is 1. The van der Waals surface area contributed by atoms with Crippen molar-refractivity contribution in [3.05, 3.63) is 96.5 Å². The molecule has 0 saturated carbocycles. The zero-order chi connectivity index (χ0) is 24.0. The number of ether oxygens (including phenoxy) is 1. The van der Waals surface area contributed by atoms with Gasteiger partial charge in [0.25, 0.3) is 5.91 Å². The van der Waals surface area contributed by atoms with Gasteiger partial charge in [-0.25, -0.2) is 19.3 Å². The molecule has 1 atom stereocenters. The van der Waals surface area contributed by atoms with Crippen LogP contribution in [0, 0.1) is 5.82 Å². The van der Waals surface area contributed by atoms with Crippen LogP contribution in [0.3, 0.4) is 0 Å². The Morgan fingerprint density at radius 1 is 0.971 bits per heavy atom. The van der Waals surface area contributed by atoms with Gasteiger partial charge in [0, 0.05) is 55.0 Å². The van der Waals surface area contributed by atoms with Crippen molar-refractivity contribution in [3.63, 3.8) is 0 Å². The third-order valence-corrected chi connectivity index (χ3v) is 5.75. The summed E-state index contributed by atoms with van der Waals surface area (Å²) in [6, 6.07) is 14.8. The van der Waals surface area contributed by atoms with E-state index >= 15 is 0 Å². The molecule has 176 valence electrons. The minimum Gasteiger partial charge on any atom is -0.437 e. The van der Waals surface area contributed by atoms with Crippen molar-refractivity contribution in [2.75, 3.05) is 18.4 Å². The topological polar surface area (TPSA) is 93.1 Å². The predicted octanol–water partition coefficient (Wildman–Crippen LogP) is 4.96. The lowest BCUT2D eigenvalue weighted by molar-refractivity contribution is 0.0705. The fourth-order valence-corrected chi connectivity index (χ4v) is 4.10. The van der Waals surface area contributed by atoms with Crippen LogP contribution in [0.5, 0.6) is 11.6 Å². The molecule has 8 nitrogen and oxygen atoms in total. The van der Waals surface area contributed by atoms with Gasteiger partial charge in [0.15, 0.2) is 0 Å². The number of halogens is 1. The third kappa shape index (κ3) is 5.40. The van der Waals surface area contributed by atoms with Crippen LogP contribution in [-0.4, -0.2) is 43.8 Å². The van der Waals surface area contributed by atoms with Gasteiger partial charge in [-0.1, -0.05) is 6.07 Å². The normalized spacial score (nSPS) is 15.5. The highest BCUT2D eigenvalue weighted by Gasteiger charge is 2.29. The molecule has 1 unspecified atom stereocenters. The van der Waals surface area contributed by atoms with E-state index in [2.05, 4.69) is 25.3 Å². The molecule has 0 spiro atoms. The Labute approximate surface area is 201 Å². The lowest BCUT2D eigenvalue weighted by Gasteiger charge is -2.33. The van der Waals surface area contributed by atoms with Gasteiger partial charge in [-0.15, -0.1) is 0 Å². The monoisotopic (exact) mass is 470 g/mol. The number of nitrogens with one attached hydrogen (secondary N) is 1. The zero-order valence-corrected chi connectivity index (χ0v) is 18.8. The third-order valence-electron chi connectivity index (χ3n) is 5.75. The Balaban J connectivity index is 1.31. The second-order valence-corrected chi connectivity index (χ2v) is 8.17. The Hall–Kier alpha value is -4.40. The molecule has 1 fully saturated rings. The molecular formula is C26H23FN6O2. The molecule has 9 heteroatoms. The Morgan fingerprint density at radius 3 is 2.60 bits per heavy atom. The molecule has 5 rings (SSSR count). The molecule has 2 aromatic carbocycles. The summed E-state index contributed by atoms with van der Waals surface area (Å²) in [6.07, 6.45) is 8.17. The van der Waals surface area contributed by atoms with E-state index < -0.39 is 0 Å². The van der Waals surface area contributed by atoms with E-state index in [4.69, 9.17) is 4.74 Å². The molecule has 2 aromatic heterocycles. The number of likely N-dealkylation sites (tertiary alicyclic amines) is 1. The molecule has 35 heavy (non-hydrogen) atoms. The van der Waals surface area contributed by atoms with E-state index in [-0.39, 0.29) is 17.6 Å². The molecule has 4 aromatic rings. The van der Waals surface area contributed by atoms with Crippen molar-refractivity contribution in [1.29, 1.82) is 0 Å². The number of aromatic nitrogens is 4. The summed E-state index contributed by atoms with van der Waals surface area (Å²) in [5.74, 6) is 0.879. The van der Waals surface area contributed by atoms with Crippen molar-refractivity contribution in [2.45, 2.75) is 18.8 Å². The average molecular weight is 471 g/mol. The number of rotatable bonds is 6. The Morgan fingerprint density at radius 2 is 1.77 bits per heavy atom. The van der Waals surface area contributed by atoms with Crippen molar-refractivity contribution in [1.82, 2.24) is 24.8 Å². The standard InChI is InChI=1S/C26H23FN6O2/c27-20-7-9-22(10-8-20)35-24-23(28-13-14-29-24)19-5-2-15-33(17-19)25(34)18-4-1-6-21(16-18)32-26-30-11-3-12-31-26/h1,3-4,6-14,16,19H,2,5,15,17H2,(H,30,31,32). The number of nitrogens with zero attached hydrogens (tertiary/aromatic N) is 5. The maximum Gasteiger partial charge on any atom is 0.253 e. The number of hydrogen-bond donors (Lipinski definition) is 1. The first-order chi connectivity index (χ1) is 17.2. The molecule has 1 saturated heterocycles. The quantitative estimate of drug-likeness (QED) is 0.426. The smallest absolute Gasteiger partial charge is 0.253 e. The SMILES string of the molecule is O=C(c1cccc(Nc2ncccn2)c1)N1CCCC(c2nccnc2Oc2ccc(F)cc2)C1. The van der Waals surface area contributed by atoms with E-state index in [0.717, 1.165) is 18.5 Å². The van der Waals surface area contributed by atoms with Crippen LogP contribution in [-0.2, 0) is 0 Å². The van der Waals surface area contributed by atoms with Crippen molar-refractivity contribution >= 4 is 17.5 Å². The fraction of sp³-hybridized carbons (Fsp3) is 0.192. The summed E-state index contributed by atoms with van der Waals surface area (Å²) in [6.45, 7) is 1.15. The van der Waals surface area contributed by atoms with E-state index in [1.807, 2.05) is 17.0 Å². The summed E-state index contributed by atoms with van der Waals surface area (Å²) in [5, 5.41) is 3.12. The summed E-state index contributed by atoms with van der Waals surface area (Å²) in [5.41, 5.74) is 2.00. The molecule has 0 radical (unpaired) electrons. The predicted molar refractivity (Wildman–Crippen MR) is 128 cm³/mol. The lowest BCUT2D eigenvalue weighted by Crippen LogP contribution is -2.39. The van der Waals surface area contributed by atoms with Gasteiger partial charge >= 0.3 is 0 Å². The molecule has 1 aliphatic rings. The van der Waals surface area contributed by atoms with Gasteiger partial charge in [-0.3, -0.25) is 9.78 Å². The molecule has 1 aliphatic heterocycles. The summed E-state index contributed by atoms with van der Waals surface area (Å²) >= 11 is 0. The van der Waals surface area contributed by atoms with Crippen molar-refractivity contribution in [3.8, 4) is 11.6 Å². The molecular weight excluding hydrogens is 447 g/mol. The summed E-state index contributed by atoms with van der Waals surface area (Å²) < 4.78 is 19.2. The fourth-order valence-electron chi connectivity index (χ4n) is 4.10. The van der Waals surface area contributed by atoms with E-state index in [1.54, 1.807) is 55.1 Å². The number of benzene rings is 2. The Kier molecular flexibility index (Phi) is 6.56. The summed E-state index contributed by atoms with van der Waals surface area (Å²) in [7, 11) is 0. The van der Waals surface area contributed by atoms with Crippen LogP contribution < -0.4 is 10.1 Å². The Bertz CT molecular complexity index is 1300. The highest BCUT2D eigenvalue weighted by molar-refractivity contribution is 5.95. The van der Waals surface area contributed by atoms with Crippen LogP contribution in [0.1, 0.15) is 34.8 Å². The zero-order valence-electron chi connectivity index (χ0n) is 18.8. The minimum atomic E-state index is -0.339. The van der Waals surface area contributed by atoms with Crippen LogP contribution in [0.2, 0.25) is 0 Å². The maximum atomic E-state index is 13.4. The first-order valence-corrected chi connectivity index (χ1v) is 11.3. The van der Waals surface area contributed by atoms with Crippen molar-refractivity contribution in [2.24, 2.45) is 0 Å². The van der Waals surface area contributed by atoms with E-state index in [0.29, 0.717) is 41.9 Å². The summed E-state index contributed by atoms with van der Waals surface area (Å²) in [4.78, 5) is 32.4. The maximum absolute atomic E-state index is 13.4.